The van der Waals surface area contributed by atoms with Crippen molar-refractivity contribution in [1.29, 1.82) is 0 Å². The Morgan fingerprint density at radius 1 is 0.927 bits per heavy atom. The summed E-state index contributed by atoms with van der Waals surface area (Å²) in [5.41, 5.74) is 12.3. The van der Waals surface area contributed by atoms with Gasteiger partial charge in [0.2, 0.25) is 11.7 Å². The molecule has 2 saturated heterocycles. The lowest BCUT2D eigenvalue weighted by Crippen LogP contribution is -2.37. The van der Waals surface area contributed by atoms with Crippen molar-refractivity contribution in [2.24, 2.45) is 0 Å². The van der Waals surface area contributed by atoms with Gasteiger partial charge in [-0.25, -0.2) is 19.7 Å². The molecule has 296 valence electrons. The summed E-state index contributed by atoms with van der Waals surface area (Å²) in [6.07, 6.45) is 2.70. The van der Waals surface area contributed by atoms with Crippen LogP contribution in [0.25, 0.3) is 11.2 Å². The first-order chi connectivity index (χ1) is 26.4. The fourth-order valence-electron chi connectivity index (χ4n) is 5.86. The van der Waals surface area contributed by atoms with Gasteiger partial charge in [-0.2, -0.15) is 4.98 Å². The molecule has 6 atom stereocenters. The number of H-pyrrole nitrogens is 2. The van der Waals surface area contributed by atoms with E-state index in [2.05, 4.69) is 24.9 Å². The van der Waals surface area contributed by atoms with Crippen LogP contribution in [0.5, 0.6) is 17.2 Å². The molecule has 0 saturated carbocycles. The van der Waals surface area contributed by atoms with E-state index in [0.29, 0.717) is 40.7 Å². The summed E-state index contributed by atoms with van der Waals surface area (Å²) in [7, 11) is 4.70. The highest BCUT2D eigenvalue weighted by molar-refractivity contribution is 5.68. The number of hydrogen-bond donors (Lipinski definition) is 8. The number of aromatic amines is 2. The maximum atomic E-state index is 11.5. The molecule has 0 aliphatic carbocycles. The molecule has 0 unspecified atom stereocenters. The lowest BCUT2D eigenvalue weighted by atomic mass is 10.1. The molecule has 10 N–H and O–H groups in total. The molecule has 2 fully saturated rings. The molecule has 7 rings (SSSR count). The van der Waals surface area contributed by atoms with Gasteiger partial charge in [0.15, 0.2) is 28.9 Å². The topological polar surface area (TPSA) is 323 Å². The van der Waals surface area contributed by atoms with Crippen LogP contribution in [0.15, 0.2) is 57.6 Å². The van der Waals surface area contributed by atoms with Crippen LogP contribution in [-0.4, -0.2) is 118 Å². The van der Waals surface area contributed by atoms with E-state index in [1.165, 1.54) is 6.33 Å². The Morgan fingerprint density at radius 2 is 1.65 bits per heavy atom. The van der Waals surface area contributed by atoms with Crippen LogP contribution < -0.4 is 42.5 Å². The summed E-state index contributed by atoms with van der Waals surface area (Å²) < 4.78 is 29.4. The molecular weight excluding hydrogens is 728 g/mol. The van der Waals surface area contributed by atoms with Gasteiger partial charge in [0, 0.05) is 30.4 Å². The first-order valence-electron chi connectivity index (χ1n) is 16.7. The second-order valence-corrected chi connectivity index (χ2v) is 12.1. The number of nitrogen functional groups attached to an aromatic ring is 2. The largest absolute Gasteiger partial charge is 0.493 e. The van der Waals surface area contributed by atoms with E-state index in [4.69, 9.17) is 45.4 Å². The molecule has 6 heterocycles. The molecule has 1 aromatic carbocycles. The van der Waals surface area contributed by atoms with Crippen molar-refractivity contribution in [3.8, 4) is 17.2 Å². The highest BCUT2D eigenvalue weighted by atomic mass is 16.6. The molecule has 5 aromatic rings. The number of fused-ring (bicyclic) bond motifs is 1. The Balaban J connectivity index is 0.000000159. The maximum Gasteiger partial charge on any atom is 0.330 e. The zero-order valence-electron chi connectivity index (χ0n) is 29.9. The number of nitrogens with two attached hydrogens (primary N) is 2. The van der Waals surface area contributed by atoms with Gasteiger partial charge in [0.05, 0.1) is 53.3 Å². The van der Waals surface area contributed by atoms with Crippen molar-refractivity contribution < 1.29 is 44.1 Å². The fourth-order valence-corrected chi connectivity index (χ4v) is 5.86. The van der Waals surface area contributed by atoms with E-state index < -0.39 is 42.4 Å². The number of rotatable bonds is 9. The van der Waals surface area contributed by atoms with Crippen LogP contribution in [0.1, 0.15) is 36.4 Å². The Morgan fingerprint density at radius 3 is 2.24 bits per heavy atom. The second kappa shape index (κ2) is 17.9. The van der Waals surface area contributed by atoms with Crippen LogP contribution in [0.3, 0.4) is 0 Å². The number of aliphatic hydroxyl groups is 4. The number of hydrogen-bond acceptors (Lipinski definition) is 18. The van der Waals surface area contributed by atoms with Gasteiger partial charge in [-0.1, -0.05) is 0 Å². The number of ether oxygens (including phenoxy) is 5. The van der Waals surface area contributed by atoms with Gasteiger partial charge >= 0.3 is 5.69 Å². The Bertz CT molecular complexity index is 2220. The van der Waals surface area contributed by atoms with Crippen molar-refractivity contribution >= 4 is 22.9 Å². The molecule has 0 radical (unpaired) electrons. The number of aromatic nitrogens is 8. The number of methoxy groups -OCH3 is 3. The number of anilines is 2. The van der Waals surface area contributed by atoms with E-state index in [1.54, 1.807) is 38.4 Å². The lowest BCUT2D eigenvalue weighted by Gasteiger charge is -2.16. The fraction of sp³-hybridized carbons (Fsp3) is 0.424. The number of benzene rings is 1. The Kier molecular flexibility index (Phi) is 13.1. The molecule has 0 spiro atoms. The normalized spacial score (nSPS) is 21.7. The van der Waals surface area contributed by atoms with E-state index in [0.717, 1.165) is 40.8 Å². The number of nitrogens with zero attached hydrogens (tertiary/aromatic N) is 6. The van der Waals surface area contributed by atoms with E-state index in [1.807, 2.05) is 17.1 Å². The molecule has 0 bridgehead atoms. The SMILES string of the molecule is COc1cc(Cc2cnc(N)nc2N)cc(OC)c1OC.O=c1[nH]cnc2c1ncn2[C@H]1CC[C@@H](CO)O1.O=c1ccn([C@@H]2O[C@H](CO)[C@@H](O)[C@H]2O)c(=O)[nH]1. The predicted molar refractivity (Wildman–Crippen MR) is 192 cm³/mol. The van der Waals surface area contributed by atoms with Crippen LogP contribution >= 0.6 is 0 Å². The minimum absolute atomic E-state index is 0.0111. The number of aliphatic hydroxyl groups excluding tert-OH is 4. The predicted octanol–water partition coefficient (Wildman–Crippen LogP) is -1.80. The zero-order valence-corrected chi connectivity index (χ0v) is 29.9. The van der Waals surface area contributed by atoms with E-state index in [-0.39, 0.29) is 30.4 Å². The quantitative estimate of drug-likeness (QED) is 0.0819. The summed E-state index contributed by atoms with van der Waals surface area (Å²) in [5.74, 6) is 2.23. The molecule has 0 amide bonds. The monoisotopic (exact) mass is 770 g/mol. The Labute approximate surface area is 310 Å². The second-order valence-electron chi connectivity index (χ2n) is 12.1. The molecule has 2 aliphatic heterocycles. The van der Waals surface area contributed by atoms with Crippen molar-refractivity contribution in [3.05, 3.63) is 85.6 Å². The molecule has 22 nitrogen and oxygen atoms in total. The van der Waals surface area contributed by atoms with Crippen molar-refractivity contribution in [3.63, 3.8) is 0 Å². The Hall–Kier alpha value is -5.91. The highest BCUT2D eigenvalue weighted by Crippen LogP contribution is 2.39. The van der Waals surface area contributed by atoms with Gasteiger partial charge in [-0.3, -0.25) is 23.7 Å². The summed E-state index contributed by atoms with van der Waals surface area (Å²) >= 11 is 0. The summed E-state index contributed by atoms with van der Waals surface area (Å²) in [6, 6.07) is 4.81. The third-order valence-electron chi connectivity index (χ3n) is 8.64. The summed E-state index contributed by atoms with van der Waals surface area (Å²) in [6.45, 7) is -0.468. The molecular formula is C33H42N10O12. The minimum Gasteiger partial charge on any atom is -0.493 e. The van der Waals surface area contributed by atoms with Crippen LogP contribution in [0.4, 0.5) is 11.8 Å². The van der Waals surface area contributed by atoms with Gasteiger partial charge in [0.25, 0.3) is 11.1 Å². The summed E-state index contributed by atoms with van der Waals surface area (Å²) in [4.78, 5) is 54.3. The van der Waals surface area contributed by atoms with E-state index >= 15 is 0 Å². The van der Waals surface area contributed by atoms with Gasteiger partial charge in [-0.05, 0) is 30.5 Å². The molecule has 55 heavy (non-hydrogen) atoms. The third kappa shape index (κ3) is 9.08. The smallest absolute Gasteiger partial charge is 0.330 e. The third-order valence-corrected chi connectivity index (χ3v) is 8.64. The van der Waals surface area contributed by atoms with Crippen LogP contribution in [0, 0.1) is 0 Å². The van der Waals surface area contributed by atoms with Gasteiger partial charge in [-0.15, -0.1) is 0 Å². The van der Waals surface area contributed by atoms with Crippen molar-refractivity contribution in [2.75, 3.05) is 46.0 Å². The molecule has 4 aromatic heterocycles. The lowest BCUT2D eigenvalue weighted by molar-refractivity contribution is -0.0550. The molecule has 22 heteroatoms. The average Bonchev–Trinajstić information content (AvgIpc) is 3.91. The van der Waals surface area contributed by atoms with Crippen molar-refractivity contribution in [2.45, 2.75) is 56.1 Å². The van der Waals surface area contributed by atoms with Gasteiger partial charge < -0.3 is 60.6 Å². The number of nitrogens with one attached hydrogen (secondary N) is 2. The highest BCUT2D eigenvalue weighted by Gasteiger charge is 2.43. The van der Waals surface area contributed by atoms with E-state index in [9.17, 15) is 24.6 Å². The number of imidazole rings is 1. The first kappa shape index (κ1) is 40.3. The molecule has 2 aliphatic rings. The minimum atomic E-state index is -1.35. The van der Waals surface area contributed by atoms with Crippen LogP contribution in [0.2, 0.25) is 0 Å². The standard InChI is InChI=1S/C14H18N4O3.C10H12N4O3.C9H12N2O6/c1-19-10-5-8(6-11(20-2)12(10)21-3)4-9-7-17-14(16)18-13(9)15;15-3-6-1-2-7(17-6)14-5-13-8-9(14)11-4-12-10(8)16;12-3-4-6(14)7(15)8(17-4)11-2-1-5(13)10-9(11)16/h5-7H,4H2,1-3H3,(H4,15,16,17,18);4-7,15H,1-3H2,(H,11,12,16);1-2,4,6-8,12,14-15H,3H2,(H,10,13,16)/t;6-,7+;4-,6-,7-,8-/m.01/s1. The maximum absolute atomic E-state index is 11.5. The van der Waals surface area contributed by atoms with Crippen LogP contribution in [-0.2, 0) is 15.9 Å². The van der Waals surface area contributed by atoms with Crippen molar-refractivity contribution in [1.82, 2.24) is 39.0 Å². The zero-order chi connectivity index (χ0) is 39.8. The summed E-state index contributed by atoms with van der Waals surface area (Å²) in [5, 5.41) is 37.1. The van der Waals surface area contributed by atoms with Gasteiger partial charge in [0.1, 0.15) is 30.4 Å². The first-order valence-corrected chi connectivity index (χ1v) is 16.7. The average molecular weight is 771 g/mol.